The summed E-state index contributed by atoms with van der Waals surface area (Å²) >= 11 is 0. The monoisotopic (exact) mass is 469 g/mol. The molecule has 5 nitrogen and oxygen atoms in total. The number of rotatable bonds is 9. The third-order valence-electron chi connectivity index (χ3n) is 7.56. The molecule has 1 heterocycles. The lowest BCUT2D eigenvalue weighted by atomic mass is 9.76. The Morgan fingerprint density at radius 1 is 1.00 bits per heavy atom. The van der Waals surface area contributed by atoms with Crippen LogP contribution >= 0.6 is 0 Å². The average Bonchev–Trinajstić information content (AvgIpc) is 3.21. The molecule has 2 aliphatic rings. The maximum Gasteiger partial charge on any atom is 0.218 e. The summed E-state index contributed by atoms with van der Waals surface area (Å²) in [6, 6.07) is 17.2. The number of piperidine rings is 1. The van der Waals surface area contributed by atoms with Crippen molar-refractivity contribution in [1.29, 1.82) is 0 Å². The maximum absolute atomic E-state index is 13.0. The van der Waals surface area contributed by atoms with Crippen LogP contribution in [0.1, 0.15) is 56.1 Å². The molecule has 1 saturated heterocycles. The molecule has 4 rings (SSSR count). The molecular weight excluding hydrogens is 434 g/mol. The third kappa shape index (κ3) is 6.24. The lowest BCUT2D eigenvalue weighted by molar-refractivity contribution is -0.118. The van der Waals surface area contributed by atoms with Crippen LogP contribution in [-0.4, -0.2) is 38.7 Å². The Morgan fingerprint density at radius 2 is 1.70 bits per heavy atom. The van der Waals surface area contributed by atoms with Crippen LogP contribution in [0.5, 0.6) is 5.75 Å². The van der Waals surface area contributed by atoms with E-state index < -0.39 is 10.0 Å². The molecule has 33 heavy (non-hydrogen) atoms. The van der Waals surface area contributed by atoms with Gasteiger partial charge in [-0.05, 0) is 73.1 Å². The Balaban J connectivity index is 1.23. The van der Waals surface area contributed by atoms with Crippen LogP contribution in [0, 0.1) is 11.3 Å². The molecule has 0 aromatic heterocycles. The lowest BCUT2D eigenvalue weighted by Crippen LogP contribution is -2.42. The standard InChI is InChI=1S/C27H35NO4S/c1-32-26-11-8-24(9-12-26)21-33(30,31)28-17-15-27(16-18-28)14-13-23(20-27)7-10-25(29)19-22-5-3-2-4-6-22/h2-6,8-9,11-12,23H,7,10,13-21H2,1H3. The van der Waals surface area contributed by atoms with Crippen molar-refractivity contribution in [1.82, 2.24) is 4.31 Å². The first-order valence-electron chi connectivity index (χ1n) is 12.0. The highest BCUT2D eigenvalue weighted by Gasteiger charge is 2.43. The van der Waals surface area contributed by atoms with Crippen molar-refractivity contribution in [2.24, 2.45) is 11.3 Å². The van der Waals surface area contributed by atoms with Gasteiger partial charge in [0, 0.05) is 25.9 Å². The summed E-state index contributed by atoms with van der Waals surface area (Å²) in [4.78, 5) is 12.4. The first kappa shape index (κ1) is 24.0. The molecule has 178 valence electrons. The number of nitrogens with zero attached hydrogens (tertiary/aromatic N) is 1. The number of carbonyl (C=O) groups excluding carboxylic acids is 1. The third-order valence-corrected chi connectivity index (χ3v) is 9.41. The van der Waals surface area contributed by atoms with E-state index in [0.29, 0.717) is 37.6 Å². The molecule has 2 aromatic carbocycles. The molecule has 6 heteroatoms. The summed E-state index contributed by atoms with van der Waals surface area (Å²) in [7, 11) is -1.72. The molecule has 2 fully saturated rings. The van der Waals surface area contributed by atoms with Crippen LogP contribution < -0.4 is 4.74 Å². The summed E-state index contributed by atoms with van der Waals surface area (Å²) in [6.07, 6.45) is 7.48. The molecule has 1 spiro atoms. The summed E-state index contributed by atoms with van der Waals surface area (Å²) in [5.74, 6) is 1.68. The van der Waals surface area contributed by atoms with Gasteiger partial charge in [0.25, 0.3) is 0 Å². The Bertz CT molecular complexity index is 1030. The fourth-order valence-corrected chi connectivity index (χ4v) is 7.10. The fourth-order valence-electron chi connectivity index (χ4n) is 5.57. The van der Waals surface area contributed by atoms with Gasteiger partial charge in [-0.15, -0.1) is 0 Å². The van der Waals surface area contributed by atoms with Crippen molar-refractivity contribution >= 4 is 15.8 Å². The number of carbonyl (C=O) groups is 1. The van der Waals surface area contributed by atoms with E-state index in [-0.39, 0.29) is 11.2 Å². The van der Waals surface area contributed by atoms with E-state index in [9.17, 15) is 13.2 Å². The largest absolute Gasteiger partial charge is 0.497 e. The minimum Gasteiger partial charge on any atom is -0.497 e. The second-order valence-corrected chi connectivity index (χ2v) is 11.8. The van der Waals surface area contributed by atoms with Crippen LogP contribution in [0.25, 0.3) is 0 Å². The van der Waals surface area contributed by atoms with Crippen LogP contribution in [-0.2, 0) is 27.0 Å². The Hall–Kier alpha value is -2.18. The van der Waals surface area contributed by atoms with Gasteiger partial charge in [-0.25, -0.2) is 12.7 Å². The van der Waals surface area contributed by atoms with Crippen molar-refractivity contribution < 1.29 is 17.9 Å². The highest BCUT2D eigenvalue weighted by atomic mass is 32.2. The SMILES string of the molecule is COc1ccc(CS(=O)(=O)N2CCC3(CCC(CCC(=O)Cc4ccccc4)C3)CC2)cc1. The smallest absolute Gasteiger partial charge is 0.218 e. The topological polar surface area (TPSA) is 63.7 Å². The highest BCUT2D eigenvalue weighted by molar-refractivity contribution is 7.88. The quantitative estimate of drug-likeness (QED) is 0.518. The summed E-state index contributed by atoms with van der Waals surface area (Å²) in [5, 5.41) is 0. The number of sulfonamides is 1. The molecule has 0 radical (unpaired) electrons. The first-order valence-corrected chi connectivity index (χ1v) is 13.6. The molecule has 1 saturated carbocycles. The van der Waals surface area contributed by atoms with E-state index in [2.05, 4.69) is 0 Å². The summed E-state index contributed by atoms with van der Waals surface area (Å²) in [6.45, 7) is 1.22. The number of ketones is 1. The minimum atomic E-state index is -3.32. The van der Waals surface area contributed by atoms with Crippen LogP contribution in [0.3, 0.4) is 0 Å². The second-order valence-electron chi connectivity index (χ2n) is 9.85. The zero-order valence-electron chi connectivity index (χ0n) is 19.5. The van der Waals surface area contributed by atoms with Crippen LogP contribution in [0.15, 0.2) is 54.6 Å². The minimum absolute atomic E-state index is 0.0378. The summed E-state index contributed by atoms with van der Waals surface area (Å²) in [5.41, 5.74) is 2.14. The Labute approximate surface area is 198 Å². The predicted molar refractivity (Wildman–Crippen MR) is 131 cm³/mol. The van der Waals surface area contributed by atoms with Crippen molar-refractivity contribution in [3.05, 3.63) is 65.7 Å². The Kier molecular flexibility index (Phi) is 7.55. The molecule has 1 aliphatic carbocycles. The van der Waals surface area contributed by atoms with E-state index in [1.54, 1.807) is 23.5 Å². The maximum atomic E-state index is 13.0. The predicted octanol–water partition coefficient (Wildman–Crippen LogP) is 5.00. The van der Waals surface area contributed by atoms with Gasteiger partial charge < -0.3 is 4.74 Å². The number of Topliss-reactive ketones (excluding diaryl/α,β-unsaturated/α-hetero) is 1. The number of hydrogen-bond acceptors (Lipinski definition) is 4. The molecule has 0 N–H and O–H groups in total. The van der Waals surface area contributed by atoms with Crippen molar-refractivity contribution in [2.45, 2.75) is 57.1 Å². The van der Waals surface area contributed by atoms with E-state index in [1.807, 2.05) is 42.5 Å². The molecule has 1 aliphatic heterocycles. The van der Waals surface area contributed by atoms with E-state index in [1.165, 1.54) is 0 Å². The normalized spacial score (nSPS) is 20.7. The van der Waals surface area contributed by atoms with E-state index >= 15 is 0 Å². The number of benzene rings is 2. The van der Waals surface area contributed by atoms with Crippen LogP contribution in [0.2, 0.25) is 0 Å². The molecule has 0 bridgehead atoms. The number of ether oxygens (including phenoxy) is 1. The lowest BCUT2D eigenvalue weighted by Gasteiger charge is -2.39. The molecule has 1 atom stereocenters. The van der Waals surface area contributed by atoms with Crippen LogP contribution in [0.4, 0.5) is 0 Å². The Morgan fingerprint density at radius 3 is 2.36 bits per heavy atom. The zero-order chi connectivity index (χ0) is 23.3. The zero-order valence-corrected chi connectivity index (χ0v) is 20.4. The van der Waals surface area contributed by atoms with Gasteiger partial charge in [-0.1, -0.05) is 42.5 Å². The van der Waals surface area contributed by atoms with Gasteiger partial charge >= 0.3 is 0 Å². The van der Waals surface area contributed by atoms with Gasteiger partial charge in [-0.2, -0.15) is 0 Å². The fraction of sp³-hybridized carbons (Fsp3) is 0.519. The van der Waals surface area contributed by atoms with Gasteiger partial charge in [-0.3, -0.25) is 4.79 Å². The average molecular weight is 470 g/mol. The van der Waals surface area contributed by atoms with E-state index in [0.717, 1.165) is 55.4 Å². The number of methoxy groups -OCH3 is 1. The number of hydrogen-bond donors (Lipinski definition) is 0. The van der Waals surface area contributed by atoms with Crippen molar-refractivity contribution in [2.75, 3.05) is 20.2 Å². The highest BCUT2D eigenvalue weighted by Crippen LogP contribution is 2.50. The van der Waals surface area contributed by atoms with Crippen molar-refractivity contribution in [3.8, 4) is 5.75 Å². The van der Waals surface area contributed by atoms with E-state index in [4.69, 9.17) is 4.74 Å². The van der Waals surface area contributed by atoms with Gasteiger partial charge in [0.2, 0.25) is 10.0 Å². The van der Waals surface area contributed by atoms with Gasteiger partial charge in [0.05, 0.1) is 12.9 Å². The molecular formula is C27H35NO4S. The molecule has 2 aromatic rings. The van der Waals surface area contributed by atoms with Crippen molar-refractivity contribution in [3.63, 3.8) is 0 Å². The molecule has 0 amide bonds. The molecule has 1 unspecified atom stereocenters. The second kappa shape index (κ2) is 10.4. The van der Waals surface area contributed by atoms with Gasteiger partial charge in [0.15, 0.2) is 0 Å². The van der Waals surface area contributed by atoms with Gasteiger partial charge in [0.1, 0.15) is 11.5 Å². The summed E-state index contributed by atoms with van der Waals surface area (Å²) < 4.78 is 32.8. The first-order chi connectivity index (χ1) is 15.9.